The number of hydrogen-bond donors (Lipinski definition) is 1. The van der Waals surface area contributed by atoms with E-state index < -0.39 is 5.97 Å². The summed E-state index contributed by atoms with van der Waals surface area (Å²) in [4.78, 5) is 11.1. The summed E-state index contributed by atoms with van der Waals surface area (Å²) in [5, 5.41) is 9.15. The van der Waals surface area contributed by atoms with Crippen molar-refractivity contribution < 1.29 is 9.90 Å². The van der Waals surface area contributed by atoms with Crippen LogP contribution in [0.2, 0.25) is 0 Å². The molecule has 0 amide bonds. The van der Waals surface area contributed by atoms with E-state index in [0.717, 1.165) is 18.8 Å². The molecule has 0 aliphatic heterocycles. The zero-order valence-electron chi connectivity index (χ0n) is 13.7. The van der Waals surface area contributed by atoms with Crippen molar-refractivity contribution in [1.29, 1.82) is 0 Å². The number of carboxylic acid groups (broad SMARTS) is 1. The predicted octanol–water partition coefficient (Wildman–Crippen LogP) is 5.32. The van der Waals surface area contributed by atoms with Gasteiger partial charge in [-0.2, -0.15) is 0 Å². The number of rotatable bonds is 2. The van der Waals surface area contributed by atoms with Crippen LogP contribution in [0.25, 0.3) is 6.08 Å². The number of hydrogen-bond acceptors (Lipinski definition) is 1. The normalized spacial score (nSPS) is 21.6. The van der Waals surface area contributed by atoms with Crippen molar-refractivity contribution in [2.75, 3.05) is 0 Å². The summed E-state index contributed by atoms with van der Waals surface area (Å²) < 4.78 is 0. The quantitative estimate of drug-likeness (QED) is 0.802. The Morgan fingerprint density at radius 1 is 1.18 bits per heavy atom. The van der Waals surface area contributed by atoms with Crippen molar-refractivity contribution in [1.82, 2.24) is 0 Å². The molecule has 1 N–H and O–H groups in total. The zero-order chi connectivity index (χ0) is 15.7. The Balaban J connectivity index is 1.83. The standard InChI is InChI=1S/C20H26O2/c1-20(2)10-8-14(9-11-20)15-4-3-5-16-13-18(19(21)22)7-6-17(16)12-15/h6-7,12-14H,3-5,8-11H2,1-2H3,(H,21,22). The highest BCUT2D eigenvalue weighted by molar-refractivity contribution is 5.88. The molecule has 2 aliphatic carbocycles. The molecular weight excluding hydrogens is 272 g/mol. The maximum Gasteiger partial charge on any atom is 0.335 e. The van der Waals surface area contributed by atoms with E-state index in [4.69, 9.17) is 5.11 Å². The molecule has 0 aromatic heterocycles. The van der Waals surface area contributed by atoms with Crippen LogP contribution in [0.5, 0.6) is 0 Å². The lowest BCUT2D eigenvalue weighted by atomic mass is 9.70. The van der Waals surface area contributed by atoms with Crippen molar-refractivity contribution in [2.24, 2.45) is 11.3 Å². The molecule has 0 saturated heterocycles. The molecule has 0 unspecified atom stereocenters. The SMILES string of the molecule is CC1(C)CCC(C2=Cc3ccc(C(=O)O)cc3CCC2)CC1. The molecular formula is C20H26O2. The van der Waals surface area contributed by atoms with Gasteiger partial charge in [-0.3, -0.25) is 0 Å². The van der Waals surface area contributed by atoms with E-state index in [9.17, 15) is 4.79 Å². The Hall–Kier alpha value is -1.57. The van der Waals surface area contributed by atoms with Gasteiger partial charge in [0, 0.05) is 0 Å². The number of aromatic carboxylic acids is 1. The molecule has 1 aromatic carbocycles. The molecule has 0 heterocycles. The first-order chi connectivity index (χ1) is 10.4. The van der Waals surface area contributed by atoms with Gasteiger partial charge < -0.3 is 5.11 Å². The third-order valence-electron chi connectivity index (χ3n) is 5.51. The molecule has 1 saturated carbocycles. The molecule has 0 radical (unpaired) electrons. The minimum absolute atomic E-state index is 0.412. The maximum atomic E-state index is 11.1. The third-order valence-corrected chi connectivity index (χ3v) is 5.51. The number of carboxylic acids is 1. The van der Waals surface area contributed by atoms with Crippen LogP contribution in [0.1, 0.15) is 73.9 Å². The van der Waals surface area contributed by atoms with Crippen LogP contribution < -0.4 is 0 Å². The summed E-state index contributed by atoms with van der Waals surface area (Å²) >= 11 is 0. The lowest BCUT2D eigenvalue weighted by molar-refractivity contribution is 0.0696. The van der Waals surface area contributed by atoms with Crippen molar-refractivity contribution >= 4 is 12.0 Å². The molecule has 2 aliphatic rings. The van der Waals surface area contributed by atoms with Gasteiger partial charge in [0.2, 0.25) is 0 Å². The number of fused-ring (bicyclic) bond motifs is 1. The van der Waals surface area contributed by atoms with Gasteiger partial charge in [-0.25, -0.2) is 4.79 Å². The summed E-state index contributed by atoms with van der Waals surface area (Å²) in [6, 6.07) is 5.60. The maximum absolute atomic E-state index is 11.1. The fraction of sp³-hybridized carbons (Fsp3) is 0.550. The minimum Gasteiger partial charge on any atom is -0.478 e. The Morgan fingerprint density at radius 2 is 1.91 bits per heavy atom. The van der Waals surface area contributed by atoms with Crippen LogP contribution in [0, 0.1) is 11.3 Å². The van der Waals surface area contributed by atoms with E-state index >= 15 is 0 Å². The van der Waals surface area contributed by atoms with E-state index in [-0.39, 0.29) is 0 Å². The van der Waals surface area contributed by atoms with Gasteiger partial charge in [-0.1, -0.05) is 31.6 Å². The highest BCUT2D eigenvalue weighted by atomic mass is 16.4. The topological polar surface area (TPSA) is 37.3 Å². The number of allylic oxidation sites excluding steroid dienone is 1. The van der Waals surface area contributed by atoms with E-state index in [0.29, 0.717) is 11.0 Å². The highest BCUT2D eigenvalue weighted by Crippen LogP contribution is 2.42. The van der Waals surface area contributed by atoms with E-state index in [1.165, 1.54) is 43.2 Å². The van der Waals surface area contributed by atoms with Gasteiger partial charge in [0.05, 0.1) is 5.56 Å². The van der Waals surface area contributed by atoms with E-state index in [1.54, 1.807) is 11.6 Å². The average molecular weight is 298 g/mol. The Kier molecular flexibility index (Phi) is 4.12. The number of benzene rings is 1. The summed E-state index contributed by atoms with van der Waals surface area (Å²) in [7, 11) is 0. The van der Waals surface area contributed by atoms with Gasteiger partial charge in [0.25, 0.3) is 0 Å². The second kappa shape index (κ2) is 5.91. The lowest BCUT2D eigenvalue weighted by Crippen LogP contribution is -2.22. The fourth-order valence-electron chi connectivity index (χ4n) is 3.94. The lowest BCUT2D eigenvalue weighted by Gasteiger charge is -2.35. The smallest absolute Gasteiger partial charge is 0.335 e. The van der Waals surface area contributed by atoms with E-state index in [2.05, 4.69) is 19.9 Å². The van der Waals surface area contributed by atoms with Crippen LogP contribution in [0.3, 0.4) is 0 Å². The van der Waals surface area contributed by atoms with Crippen LogP contribution in [-0.2, 0) is 6.42 Å². The second-order valence-corrected chi connectivity index (χ2v) is 7.73. The second-order valence-electron chi connectivity index (χ2n) is 7.73. The average Bonchev–Trinajstić information content (AvgIpc) is 2.68. The van der Waals surface area contributed by atoms with Crippen LogP contribution in [0.15, 0.2) is 23.8 Å². The van der Waals surface area contributed by atoms with Crippen LogP contribution in [-0.4, -0.2) is 11.1 Å². The van der Waals surface area contributed by atoms with E-state index in [1.807, 2.05) is 12.1 Å². The van der Waals surface area contributed by atoms with Crippen molar-refractivity contribution in [2.45, 2.75) is 58.8 Å². The Labute approximate surface area is 133 Å². The predicted molar refractivity (Wildman–Crippen MR) is 90.1 cm³/mol. The third kappa shape index (κ3) is 3.26. The Morgan fingerprint density at radius 3 is 2.59 bits per heavy atom. The van der Waals surface area contributed by atoms with Gasteiger partial charge >= 0.3 is 5.97 Å². The van der Waals surface area contributed by atoms with Crippen LogP contribution >= 0.6 is 0 Å². The Bertz CT molecular complexity index is 600. The molecule has 118 valence electrons. The van der Waals surface area contributed by atoms with Crippen LogP contribution in [0.4, 0.5) is 0 Å². The summed E-state index contributed by atoms with van der Waals surface area (Å²) in [5.74, 6) is -0.0936. The number of carbonyl (C=O) groups is 1. The van der Waals surface area contributed by atoms with Gasteiger partial charge in [0.15, 0.2) is 0 Å². The molecule has 2 heteroatoms. The molecule has 0 spiro atoms. The zero-order valence-corrected chi connectivity index (χ0v) is 13.7. The monoisotopic (exact) mass is 298 g/mol. The number of aryl methyl sites for hydroxylation is 1. The summed E-state index contributed by atoms with van der Waals surface area (Å²) in [6.07, 6.45) is 10.9. The molecule has 1 fully saturated rings. The molecule has 1 aromatic rings. The summed E-state index contributed by atoms with van der Waals surface area (Å²) in [5.41, 5.74) is 4.96. The van der Waals surface area contributed by atoms with Gasteiger partial charge in [-0.15, -0.1) is 0 Å². The van der Waals surface area contributed by atoms with Crippen molar-refractivity contribution in [3.05, 3.63) is 40.5 Å². The highest BCUT2D eigenvalue weighted by Gasteiger charge is 2.29. The first-order valence-electron chi connectivity index (χ1n) is 8.51. The summed E-state index contributed by atoms with van der Waals surface area (Å²) in [6.45, 7) is 4.76. The fourth-order valence-corrected chi connectivity index (χ4v) is 3.94. The van der Waals surface area contributed by atoms with Crippen molar-refractivity contribution in [3.8, 4) is 0 Å². The molecule has 2 nitrogen and oxygen atoms in total. The molecule has 22 heavy (non-hydrogen) atoms. The van der Waals surface area contributed by atoms with Crippen molar-refractivity contribution in [3.63, 3.8) is 0 Å². The molecule has 0 bridgehead atoms. The molecule has 3 rings (SSSR count). The minimum atomic E-state index is -0.828. The van der Waals surface area contributed by atoms with Gasteiger partial charge in [-0.05, 0) is 79.5 Å². The first kappa shape index (κ1) is 15.3. The molecule has 0 atom stereocenters. The van der Waals surface area contributed by atoms with Gasteiger partial charge in [0.1, 0.15) is 0 Å². The first-order valence-corrected chi connectivity index (χ1v) is 8.51. The largest absolute Gasteiger partial charge is 0.478 e.